The second-order valence-corrected chi connectivity index (χ2v) is 8.60. The number of phenolic OH excluding ortho intramolecular Hbond substituents is 1. The SMILES string of the molecule is Cc1ccc([C@H](NCC(=O)N2CCN(c3ccc(O)cc3)CC2)c2cccs2)cc1. The van der Waals surface area contributed by atoms with E-state index in [2.05, 4.69) is 52.9 Å². The highest BCUT2D eigenvalue weighted by Crippen LogP contribution is 2.26. The number of nitrogens with one attached hydrogen (secondary N) is 1. The first-order valence-corrected chi connectivity index (χ1v) is 11.1. The molecule has 0 unspecified atom stereocenters. The number of rotatable bonds is 6. The number of amides is 1. The molecule has 6 heteroatoms. The first kappa shape index (κ1) is 20.4. The molecule has 0 aliphatic carbocycles. The maximum atomic E-state index is 12.9. The minimum atomic E-state index is 0.0211. The average Bonchev–Trinajstić information content (AvgIpc) is 3.30. The van der Waals surface area contributed by atoms with E-state index in [1.54, 1.807) is 23.5 Å². The number of thiophene rings is 1. The van der Waals surface area contributed by atoms with E-state index in [4.69, 9.17) is 0 Å². The Morgan fingerprint density at radius 3 is 2.37 bits per heavy atom. The number of nitrogens with zero attached hydrogens (tertiary/aromatic N) is 2. The van der Waals surface area contributed by atoms with Crippen molar-refractivity contribution >= 4 is 22.9 Å². The third kappa shape index (κ3) is 4.83. The zero-order chi connectivity index (χ0) is 20.9. The van der Waals surface area contributed by atoms with Gasteiger partial charge in [-0.25, -0.2) is 0 Å². The normalized spacial score (nSPS) is 15.2. The number of carbonyl (C=O) groups is 1. The van der Waals surface area contributed by atoms with Gasteiger partial charge in [-0.3, -0.25) is 10.1 Å². The third-order valence-electron chi connectivity index (χ3n) is 5.54. The van der Waals surface area contributed by atoms with Gasteiger partial charge < -0.3 is 14.9 Å². The Morgan fingerprint density at radius 2 is 1.73 bits per heavy atom. The van der Waals surface area contributed by atoms with Crippen LogP contribution in [0.5, 0.6) is 5.75 Å². The molecule has 0 saturated carbocycles. The van der Waals surface area contributed by atoms with Crippen LogP contribution in [-0.4, -0.2) is 48.6 Å². The van der Waals surface area contributed by atoms with E-state index in [-0.39, 0.29) is 17.7 Å². The van der Waals surface area contributed by atoms with Gasteiger partial charge in [-0.2, -0.15) is 0 Å². The molecule has 30 heavy (non-hydrogen) atoms. The average molecular weight is 422 g/mol. The van der Waals surface area contributed by atoms with Crippen molar-refractivity contribution in [1.82, 2.24) is 10.2 Å². The number of carbonyl (C=O) groups excluding carboxylic acids is 1. The van der Waals surface area contributed by atoms with Crippen LogP contribution in [0.25, 0.3) is 0 Å². The number of piperazine rings is 1. The lowest BCUT2D eigenvalue weighted by atomic mass is 10.0. The van der Waals surface area contributed by atoms with Gasteiger partial charge in [0.25, 0.3) is 0 Å². The molecule has 0 bridgehead atoms. The first-order valence-electron chi connectivity index (χ1n) is 10.3. The largest absolute Gasteiger partial charge is 0.508 e. The number of aromatic hydroxyl groups is 1. The molecule has 2 heterocycles. The Labute approximate surface area is 181 Å². The molecule has 1 fully saturated rings. The van der Waals surface area contributed by atoms with E-state index in [0.29, 0.717) is 19.6 Å². The van der Waals surface area contributed by atoms with Gasteiger partial charge in [0, 0.05) is 36.7 Å². The van der Waals surface area contributed by atoms with E-state index in [1.165, 1.54) is 16.0 Å². The standard InChI is InChI=1S/C24H27N3O2S/c1-18-4-6-19(7-5-18)24(22-3-2-16-30-22)25-17-23(29)27-14-12-26(13-15-27)20-8-10-21(28)11-9-20/h2-11,16,24-25,28H,12-15,17H2,1H3/t24-/m0/s1. The van der Waals surface area contributed by atoms with Crippen LogP contribution in [0.1, 0.15) is 22.0 Å². The van der Waals surface area contributed by atoms with E-state index < -0.39 is 0 Å². The van der Waals surface area contributed by atoms with Gasteiger partial charge in [-0.05, 0) is 48.2 Å². The van der Waals surface area contributed by atoms with Crippen molar-refractivity contribution < 1.29 is 9.90 Å². The van der Waals surface area contributed by atoms with Crippen molar-refractivity contribution in [1.29, 1.82) is 0 Å². The lowest BCUT2D eigenvalue weighted by Gasteiger charge is -2.36. The van der Waals surface area contributed by atoms with E-state index in [0.717, 1.165) is 18.8 Å². The summed E-state index contributed by atoms with van der Waals surface area (Å²) in [4.78, 5) is 18.3. The fourth-order valence-corrected chi connectivity index (χ4v) is 4.60. The molecule has 2 aromatic carbocycles. The summed E-state index contributed by atoms with van der Waals surface area (Å²) in [5.74, 6) is 0.404. The maximum Gasteiger partial charge on any atom is 0.236 e. The predicted octanol–water partition coefficient (Wildman–Crippen LogP) is 3.79. The summed E-state index contributed by atoms with van der Waals surface area (Å²) in [5, 5.41) is 15.0. The molecule has 1 aliphatic rings. The molecule has 0 radical (unpaired) electrons. The van der Waals surface area contributed by atoms with Crippen molar-refractivity contribution in [3.63, 3.8) is 0 Å². The Morgan fingerprint density at radius 1 is 1.03 bits per heavy atom. The van der Waals surface area contributed by atoms with E-state index >= 15 is 0 Å². The molecule has 0 spiro atoms. The summed E-state index contributed by atoms with van der Waals surface area (Å²) in [6.07, 6.45) is 0. The van der Waals surface area contributed by atoms with Gasteiger partial charge in [0.2, 0.25) is 5.91 Å². The smallest absolute Gasteiger partial charge is 0.236 e. The van der Waals surface area contributed by atoms with Crippen molar-refractivity contribution in [2.45, 2.75) is 13.0 Å². The number of aryl methyl sites for hydroxylation is 1. The molecule has 3 aromatic rings. The number of anilines is 1. The molecule has 5 nitrogen and oxygen atoms in total. The second-order valence-electron chi connectivity index (χ2n) is 7.62. The molecule has 1 atom stereocenters. The van der Waals surface area contributed by atoms with Crippen molar-refractivity contribution in [3.05, 3.63) is 82.0 Å². The number of hydrogen-bond acceptors (Lipinski definition) is 5. The van der Waals surface area contributed by atoms with Gasteiger partial charge >= 0.3 is 0 Å². The topological polar surface area (TPSA) is 55.8 Å². The Bertz CT molecular complexity index is 947. The number of phenols is 1. The highest BCUT2D eigenvalue weighted by Gasteiger charge is 2.23. The molecule has 1 amide bonds. The summed E-state index contributed by atoms with van der Waals surface area (Å²) in [6.45, 7) is 5.39. The second kappa shape index (κ2) is 9.32. The monoisotopic (exact) mass is 421 g/mol. The zero-order valence-corrected chi connectivity index (χ0v) is 17.9. The van der Waals surface area contributed by atoms with Gasteiger partial charge in [0.05, 0.1) is 12.6 Å². The van der Waals surface area contributed by atoms with Crippen LogP contribution in [0.15, 0.2) is 66.0 Å². The Balaban J connectivity index is 1.35. The molecule has 4 rings (SSSR count). The zero-order valence-electron chi connectivity index (χ0n) is 17.1. The van der Waals surface area contributed by atoms with Crippen molar-refractivity contribution in [2.75, 3.05) is 37.6 Å². The minimum absolute atomic E-state index is 0.0211. The Hall–Kier alpha value is -2.83. The minimum Gasteiger partial charge on any atom is -0.508 e. The lowest BCUT2D eigenvalue weighted by molar-refractivity contribution is -0.130. The van der Waals surface area contributed by atoms with Gasteiger partial charge in [-0.15, -0.1) is 11.3 Å². The van der Waals surface area contributed by atoms with Crippen LogP contribution < -0.4 is 10.2 Å². The first-order chi connectivity index (χ1) is 14.6. The van der Waals surface area contributed by atoms with Crippen LogP contribution in [-0.2, 0) is 4.79 Å². The third-order valence-corrected chi connectivity index (χ3v) is 6.48. The fourth-order valence-electron chi connectivity index (χ4n) is 3.78. The summed E-state index contributed by atoms with van der Waals surface area (Å²) in [7, 11) is 0. The van der Waals surface area contributed by atoms with Crippen LogP contribution >= 0.6 is 11.3 Å². The predicted molar refractivity (Wildman–Crippen MR) is 122 cm³/mol. The molecule has 1 aromatic heterocycles. The summed E-state index contributed by atoms with van der Waals surface area (Å²) >= 11 is 1.70. The highest BCUT2D eigenvalue weighted by atomic mass is 32.1. The molecular weight excluding hydrogens is 394 g/mol. The van der Waals surface area contributed by atoms with Gasteiger partial charge in [0.15, 0.2) is 0 Å². The van der Waals surface area contributed by atoms with Crippen LogP contribution in [0, 0.1) is 6.92 Å². The van der Waals surface area contributed by atoms with Crippen LogP contribution in [0.4, 0.5) is 5.69 Å². The van der Waals surface area contributed by atoms with Crippen LogP contribution in [0.3, 0.4) is 0 Å². The molecule has 1 saturated heterocycles. The number of benzene rings is 2. The molecule has 1 aliphatic heterocycles. The maximum absolute atomic E-state index is 12.9. The molecule has 2 N–H and O–H groups in total. The van der Waals surface area contributed by atoms with Crippen LogP contribution in [0.2, 0.25) is 0 Å². The van der Waals surface area contributed by atoms with Crippen molar-refractivity contribution in [3.8, 4) is 5.75 Å². The lowest BCUT2D eigenvalue weighted by Crippen LogP contribution is -2.51. The van der Waals surface area contributed by atoms with Gasteiger partial charge in [-0.1, -0.05) is 35.9 Å². The fraction of sp³-hybridized carbons (Fsp3) is 0.292. The summed E-state index contributed by atoms with van der Waals surface area (Å²) in [6, 6.07) is 19.9. The van der Waals surface area contributed by atoms with Gasteiger partial charge in [0.1, 0.15) is 5.75 Å². The van der Waals surface area contributed by atoms with Crippen molar-refractivity contribution in [2.24, 2.45) is 0 Å². The molecular formula is C24H27N3O2S. The summed E-state index contributed by atoms with van der Waals surface area (Å²) in [5.41, 5.74) is 3.48. The quantitative estimate of drug-likeness (QED) is 0.636. The number of hydrogen-bond donors (Lipinski definition) is 2. The Kier molecular flexibility index (Phi) is 6.35. The molecule has 156 valence electrons. The van der Waals surface area contributed by atoms with E-state index in [9.17, 15) is 9.90 Å². The highest BCUT2D eigenvalue weighted by molar-refractivity contribution is 7.10. The van der Waals surface area contributed by atoms with E-state index in [1.807, 2.05) is 23.1 Å². The summed E-state index contributed by atoms with van der Waals surface area (Å²) < 4.78 is 0.